The second-order valence-electron chi connectivity index (χ2n) is 6.19. The van der Waals surface area contributed by atoms with Crippen molar-refractivity contribution in [3.8, 4) is 0 Å². The molecule has 2 rings (SSSR count). The number of halogens is 6. The van der Waals surface area contributed by atoms with Gasteiger partial charge in [0.2, 0.25) is 0 Å². The highest BCUT2D eigenvalue weighted by Crippen LogP contribution is 2.36. The van der Waals surface area contributed by atoms with E-state index in [1.165, 1.54) is 0 Å². The number of hydrogen-bond acceptors (Lipinski definition) is 1. The third-order valence-corrected chi connectivity index (χ3v) is 3.94. The molecular formula is C19H17F6NO. The van der Waals surface area contributed by atoms with E-state index in [1.54, 1.807) is 6.92 Å². The number of nitrogens with one attached hydrogen (secondary N) is 1. The monoisotopic (exact) mass is 389 g/mol. The number of amides is 1. The fraction of sp³-hybridized carbons (Fsp3) is 0.316. The zero-order chi connectivity index (χ0) is 20.2. The average molecular weight is 389 g/mol. The van der Waals surface area contributed by atoms with Crippen molar-refractivity contribution in [3.63, 3.8) is 0 Å². The van der Waals surface area contributed by atoms with Gasteiger partial charge in [-0.05, 0) is 43.5 Å². The maximum atomic E-state index is 12.9. The summed E-state index contributed by atoms with van der Waals surface area (Å²) in [7, 11) is 0. The van der Waals surface area contributed by atoms with Crippen LogP contribution in [0, 0.1) is 0 Å². The van der Waals surface area contributed by atoms with Crippen molar-refractivity contribution in [2.75, 3.05) is 0 Å². The Balaban J connectivity index is 2.14. The molecule has 0 radical (unpaired) electrons. The summed E-state index contributed by atoms with van der Waals surface area (Å²) in [6.45, 7) is 1.64. The Hall–Kier alpha value is -2.51. The van der Waals surface area contributed by atoms with E-state index in [4.69, 9.17) is 0 Å². The van der Waals surface area contributed by atoms with Crippen molar-refractivity contribution < 1.29 is 31.1 Å². The first-order valence-electron chi connectivity index (χ1n) is 8.11. The fourth-order valence-electron chi connectivity index (χ4n) is 2.49. The molecule has 2 aromatic carbocycles. The van der Waals surface area contributed by atoms with Gasteiger partial charge in [-0.15, -0.1) is 0 Å². The molecule has 2 nitrogen and oxygen atoms in total. The quantitative estimate of drug-likeness (QED) is 0.675. The lowest BCUT2D eigenvalue weighted by Crippen LogP contribution is -2.33. The molecule has 8 heteroatoms. The van der Waals surface area contributed by atoms with E-state index in [0.717, 1.165) is 5.56 Å². The fourth-order valence-corrected chi connectivity index (χ4v) is 2.49. The Bertz CT molecular complexity index is 751. The van der Waals surface area contributed by atoms with Crippen molar-refractivity contribution in [2.45, 2.75) is 38.2 Å². The molecule has 0 aliphatic heterocycles. The van der Waals surface area contributed by atoms with Crippen molar-refractivity contribution in [1.82, 2.24) is 5.32 Å². The minimum absolute atomic E-state index is 0.00435. The van der Waals surface area contributed by atoms with Crippen molar-refractivity contribution >= 4 is 5.91 Å². The van der Waals surface area contributed by atoms with Gasteiger partial charge in [0.1, 0.15) is 0 Å². The summed E-state index contributed by atoms with van der Waals surface area (Å²) in [5.74, 6) is -0.979. The topological polar surface area (TPSA) is 29.1 Å². The van der Waals surface area contributed by atoms with Crippen LogP contribution in [-0.2, 0) is 18.8 Å². The Morgan fingerprint density at radius 2 is 1.44 bits per heavy atom. The number of aryl methyl sites for hydroxylation is 1. The SMILES string of the molecule is CC(CCc1ccccc1)NC(=O)c1cc(C(F)(F)F)cc(C(F)(F)F)c1. The smallest absolute Gasteiger partial charge is 0.350 e. The molecule has 0 saturated heterocycles. The normalized spacial score (nSPS) is 13.3. The molecule has 0 aliphatic carbocycles. The Kier molecular flexibility index (Phi) is 6.18. The number of alkyl halides is 6. The average Bonchev–Trinajstić information content (AvgIpc) is 2.59. The molecule has 2 aromatic rings. The van der Waals surface area contributed by atoms with E-state index in [0.29, 0.717) is 25.0 Å². The van der Waals surface area contributed by atoms with Gasteiger partial charge < -0.3 is 5.32 Å². The van der Waals surface area contributed by atoms with Gasteiger partial charge in [-0.1, -0.05) is 30.3 Å². The number of carbonyl (C=O) groups excluding carboxylic acids is 1. The highest BCUT2D eigenvalue weighted by atomic mass is 19.4. The van der Waals surface area contributed by atoms with Crippen LogP contribution < -0.4 is 5.32 Å². The van der Waals surface area contributed by atoms with Crippen molar-refractivity contribution in [2.24, 2.45) is 0 Å². The molecule has 0 aliphatic rings. The van der Waals surface area contributed by atoms with Gasteiger partial charge in [0.05, 0.1) is 11.1 Å². The second kappa shape index (κ2) is 8.02. The molecule has 0 saturated carbocycles. The lowest BCUT2D eigenvalue weighted by Gasteiger charge is -2.17. The Labute approximate surface area is 152 Å². The second-order valence-corrected chi connectivity index (χ2v) is 6.19. The van der Waals surface area contributed by atoms with Crippen LogP contribution in [-0.4, -0.2) is 11.9 Å². The van der Waals surface area contributed by atoms with Crippen molar-refractivity contribution in [3.05, 3.63) is 70.8 Å². The number of benzene rings is 2. The third-order valence-electron chi connectivity index (χ3n) is 3.94. The number of rotatable bonds is 5. The van der Waals surface area contributed by atoms with Gasteiger partial charge >= 0.3 is 12.4 Å². The molecule has 1 unspecified atom stereocenters. The Morgan fingerprint density at radius 1 is 0.926 bits per heavy atom. The van der Waals surface area contributed by atoms with Crippen LogP contribution in [0.3, 0.4) is 0 Å². The van der Waals surface area contributed by atoms with Crippen LogP contribution in [0.1, 0.15) is 40.4 Å². The summed E-state index contributed by atoms with van der Waals surface area (Å²) in [6, 6.07) is 9.73. The van der Waals surface area contributed by atoms with E-state index in [9.17, 15) is 31.1 Å². The Morgan fingerprint density at radius 3 is 1.93 bits per heavy atom. The summed E-state index contributed by atoms with van der Waals surface area (Å²) < 4.78 is 77.2. The summed E-state index contributed by atoms with van der Waals surface area (Å²) in [5.41, 5.74) is -2.69. The van der Waals surface area contributed by atoms with Gasteiger partial charge in [0, 0.05) is 11.6 Å². The van der Waals surface area contributed by atoms with Gasteiger partial charge in [-0.3, -0.25) is 4.79 Å². The lowest BCUT2D eigenvalue weighted by atomic mass is 10.0. The van der Waals surface area contributed by atoms with Crippen LogP contribution in [0.15, 0.2) is 48.5 Å². The third kappa shape index (κ3) is 6.01. The molecule has 0 spiro atoms. The number of hydrogen-bond donors (Lipinski definition) is 1. The van der Waals surface area contributed by atoms with Crippen molar-refractivity contribution in [1.29, 1.82) is 0 Å². The predicted octanol–water partition coefficient (Wildman–Crippen LogP) is 5.48. The van der Waals surface area contributed by atoms with Gasteiger partial charge in [-0.25, -0.2) is 0 Å². The zero-order valence-corrected chi connectivity index (χ0v) is 14.3. The van der Waals surface area contributed by atoms with Crippen LogP contribution in [0.4, 0.5) is 26.3 Å². The first-order valence-corrected chi connectivity index (χ1v) is 8.11. The molecule has 1 N–H and O–H groups in total. The predicted molar refractivity (Wildman–Crippen MR) is 88.1 cm³/mol. The number of carbonyl (C=O) groups is 1. The molecule has 1 amide bonds. The molecule has 27 heavy (non-hydrogen) atoms. The molecule has 1 atom stereocenters. The first kappa shape index (κ1) is 20.8. The molecule has 0 fully saturated rings. The van der Waals surface area contributed by atoms with E-state index in [-0.39, 0.29) is 6.07 Å². The summed E-state index contributed by atoms with van der Waals surface area (Å²) in [4.78, 5) is 12.2. The van der Waals surface area contributed by atoms with Crippen LogP contribution in [0.25, 0.3) is 0 Å². The maximum Gasteiger partial charge on any atom is 0.416 e. The van der Waals surface area contributed by atoms with E-state index >= 15 is 0 Å². The first-order chi connectivity index (χ1) is 12.5. The maximum absolute atomic E-state index is 12.9. The van der Waals surface area contributed by atoms with E-state index < -0.39 is 41.0 Å². The highest BCUT2D eigenvalue weighted by molar-refractivity contribution is 5.94. The van der Waals surface area contributed by atoms with Gasteiger partial charge in [0.15, 0.2) is 0 Å². The van der Waals surface area contributed by atoms with Crippen LogP contribution >= 0.6 is 0 Å². The molecule has 0 bridgehead atoms. The summed E-state index contributed by atoms with van der Waals surface area (Å²) >= 11 is 0. The molecular weight excluding hydrogens is 372 g/mol. The highest BCUT2D eigenvalue weighted by Gasteiger charge is 2.37. The van der Waals surface area contributed by atoms with Crippen LogP contribution in [0.5, 0.6) is 0 Å². The standard InChI is InChI=1S/C19H17F6NO/c1-12(7-8-13-5-3-2-4-6-13)26-17(27)14-9-15(18(20,21)22)11-16(10-14)19(23,24)25/h2-6,9-12H,7-8H2,1H3,(H,26,27). The lowest BCUT2D eigenvalue weighted by molar-refractivity contribution is -0.143. The minimum Gasteiger partial charge on any atom is -0.350 e. The van der Waals surface area contributed by atoms with E-state index in [1.807, 2.05) is 30.3 Å². The van der Waals surface area contributed by atoms with Crippen LogP contribution in [0.2, 0.25) is 0 Å². The summed E-state index contributed by atoms with van der Waals surface area (Å²) in [6.07, 6.45) is -8.88. The summed E-state index contributed by atoms with van der Waals surface area (Å²) in [5, 5.41) is 2.45. The van der Waals surface area contributed by atoms with Gasteiger partial charge in [0.25, 0.3) is 5.91 Å². The molecule has 146 valence electrons. The van der Waals surface area contributed by atoms with E-state index in [2.05, 4.69) is 5.32 Å². The van der Waals surface area contributed by atoms with Gasteiger partial charge in [-0.2, -0.15) is 26.3 Å². The molecule has 0 heterocycles. The molecule has 0 aromatic heterocycles. The minimum atomic E-state index is -4.99. The zero-order valence-electron chi connectivity index (χ0n) is 14.3. The largest absolute Gasteiger partial charge is 0.416 e.